The third-order valence-electron chi connectivity index (χ3n) is 4.16. The highest BCUT2D eigenvalue weighted by atomic mass is 35.5. The first-order valence-electron chi connectivity index (χ1n) is 8.81. The summed E-state index contributed by atoms with van der Waals surface area (Å²) in [6.07, 6.45) is 1.75. The van der Waals surface area contributed by atoms with E-state index >= 15 is 0 Å². The molecule has 1 heterocycles. The van der Waals surface area contributed by atoms with Gasteiger partial charge in [0.2, 0.25) is 5.95 Å². The zero-order valence-electron chi connectivity index (χ0n) is 15.7. The molecule has 0 aliphatic carbocycles. The van der Waals surface area contributed by atoms with Crippen molar-refractivity contribution < 1.29 is 4.74 Å². The third-order valence-corrected chi connectivity index (χ3v) is 4.40. The highest BCUT2D eigenvalue weighted by Crippen LogP contribution is 2.30. The van der Waals surface area contributed by atoms with Gasteiger partial charge in [-0.15, -0.1) is 0 Å². The van der Waals surface area contributed by atoms with Crippen molar-refractivity contribution in [3.63, 3.8) is 0 Å². The summed E-state index contributed by atoms with van der Waals surface area (Å²) in [6.45, 7) is 5.08. The minimum absolute atomic E-state index is 0.286. The van der Waals surface area contributed by atoms with E-state index in [0.717, 1.165) is 18.1 Å². The Balaban J connectivity index is 1.86. The lowest BCUT2D eigenvalue weighted by molar-refractivity contribution is 0.417. The zero-order chi connectivity index (χ0) is 19.2. The van der Waals surface area contributed by atoms with Crippen LogP contribution in [0.15, 0.2) is 60.8 Å². The predicted molar refractivity (Wildman–Crippen MR) is 111 cm³/mol. The fraction of sp³-hybridized carbons (Fsp3) is 0.238. The van der Waals surface area contributed by atoms with E-state index in [1.165, 1.54) is 5.56 Å². The quantitative estimate of drug-likeness (QED) is 0.601. The number of ether oxygens (including phenoxy) is 1. The second kappa shape index (κ2) is 8.73. The van der Waals surface area contributed by atoms with E-state index in [4.69, 9.17) is 21.3 Å². The molecule has 1 N–H and O–H groups in total. The Morgan fingerprint density at radius 2 is 1.89 bits per heavy atom. The highest BCUT2D eigenvalue weighted by molar-refractivity contribution is 6.31. The Morgan fingerprint density at radius 1 is 1.11 bits per heavy atom. The Bertz CT molecular complexity index is 886. The van der Waals surface area contributed by atoms with Gasteiger partial charge in [0.25, 0.3) is 0 Å². The minimum Gasteiger partial charge on any atom is -0.495 e. The van der Waals surface area contributed by atoms with Gasteiger partial charge in [0, 0.05) is 23.8 Å². The number of rotatable bonds is 7. The van der Waals surface area contributed by atoms with Crippen LogP contribution >= 0.6 is 11.6 Å². The molecule has 0 aliphatic rings. The minimum atomic E-state index is 0.286. The summed E-state index contributed by atoms with van der Waals surface area (Å²) in [5.41, 5.74) is 1.96. The van der Waals surface area contributed by atoms with E-state index < -0.39 is 0 Å². The number of halogens is 1. The summed E-state index contributed by atoms with van der Waals surface area (Å²) in [7, 11) is 1.62. The van der Waals surface area contributed by atoms with Crippen LogP contribution in [0.1, 0.15) is 19.4 Å². The average Bonchev–Trinajstić information content (AvgIpc) is 2.67. The molecule has 0 amide bonds. The molecule has 0 saturated heterocycles. The van der Waals surface area contributed by atoms with Crippen LogP contribution in [0.3, 0.4) is 0 Å². The van der Waals surface area contributed by atoms with Crippen LogP contribution < -0.4 is 15.0 Å². The van der Waals surface area contributed by atoms with Gasteiger partial charge >= 0.3 is 0 Å². The highest BCUT2D eigenvalue weighted by Gasteiger charge is 2.14. The third kappa shape index (κ3) is 4.89. The van der Waals surface area contributed by atoms with Gasteiger partial charge in [-0.3, -0.25) is 0 Å². The molecule has 6 heteroatoms. The molecule has 27 heavy (non-hydrogen) atoms. The van der Waals surface area contributed by atoms with Crippen molar-refractivity contribution in [1.82, 2.24) is 9.97 Å². The van der Waals surface area contributed by atoms with E-state index in [2.05, 4.69) is 41.2 Å². The van der Waals surface area contributed by atoms with E-state index in [1.54, 1.807) is 25.4 Å². The molecule has 0 spiro atoms. The van der Waals surface area contributed by atoms with E-state index in [-0.39, 0.29) is 6.04 Å². The number of aromatic nitrogens is 2. The number of hydrogen-bond acceptors (Lipinski definition) is 5. The van der Waals surface area contributed by atoms with Crippen LogP contribution in [0, 0.1) is 0 Å². The van der Waals surface area contributed by atoms with Gasteiger partial charge in [-0.2, -0.15) is 4.98 Å². The lowest BCUT2D eigenvalue weighted by Crippen LogP contribution is -2.31. The largest absolute Gasteiger partial charge is 0.495 e. The number of hydrogen-bond donors (Lipinski definition) is 1. The van der Waals surface area contributed by atoms with Crippen molar-refractivity contribution >= 4 is 29.1 Å². The molecule has 0 fully saturated rings. The van der Waals surface area contributed by atoms with Gasteiger partial charge < -0.3 is 15.0 Å². The molecule has 5 nitrogen and oxygen atoms in total. The summed E-state index contributed by atoms with van der Waals surface area (Å²) in [5.74, 6) is 2.03. The molecule has 0 unspecified atom stereocenters. The van der Waals surface area contributed by atoms with Crippen LogP contribution in [0.5, 0.6) is 5.75 Å². The Hall–Kier alpha value is -2.79. The van der Waals surface area contributed by atoms with E-state index in [0.29, 0.717) is 16.7 Å². The summed E-state index contributed by atoms with van der Waals surface area (Å²) >= 11 is 6.11. The standard InChI is InChI=1S/C21H23ClN4O/c1-15(2)26(14-16-7-5-4-6-8-16)20-11-12-23-21(25-20)24-18-13-17(22)9-10-19(18)27-3/h4-13,15H,14H2,1-3H3,(H,23,24,25). The fourth-order valence-electron chi connectivity index (χ4n) is 2.78. The number of benzene rings is 2. The maximum atomic E-state index is 6.11. The maximum Gasteiger partial charge on any atom is 0.229 e. The molecule has 0 radical (unpaired) electrons. The van der Waals surface area contributed by atoms with Crippen molar-refractivity contribution in [2.45, 2.75) is 26.4 Å². The number of nitrogens with zero attached hydrogens (tertiary/aromatic N) is 3. The molecule has 0 aliphatic heterocycles. The van der Waals surface area contributed by atoms with Gasteiger partial charge in [-0.05, 0) is 43.7 Å². The molecule has 0 bridgehead atoms. The van der Waals surface area contributed by atoms with Crippen LogP contribution in [0.4, 0.5) is 17.5 Å². The van der Waals surface area contributed by atoms with Crippen molar-refractivity contribution in [3.8, 4) is 5.75 Å². The monoisotopic (exact) mass is 382 g/mol. The SMILES string of the molecule is COc1ccc(Cl)cc1Nc1nccc(N(Cc2ccccc2)C(C)C)n1. The van der Waals surface area contributed by atoms with Crippen molar-refractivity contribution in [2.75, 3.05) is 17.3 Å². The maximum absolute atomic E-state index is 6.11. The average molecular weight is 383 g/mol. The Labute approximate surface area is 165 Å². The first-order valence-corrected chi connectivity index (χ1v) is 9.19. The summed E-state index contributed by atoms with van der Waals surface area (Å²) in [5, 5.41) is 3.82. The molecule has 140 valence electrons. The molecule has 2 aromatic carbocycles. The lowest BCUT2D eigenvalue weighted by Gasteiger charge is -2.28. The van der Waals surface area contributed by atoms with Gasteiger partial charge in [-0.1, -0.05) is 41.9 Å². The van der Waals surface area contributed by atoms with Crippen molar-refractivity contribution in [3.05, 3.63) is 71.4 Å². The molecule has 0 saturated carbocycles. The molecule has 0 atom stereocenters. The van der Waals surface area contributed by atoms with Gasteiger partial charge in [0.1, 0.15) is 11.6 Å². The second-order valence-corrected chi connectivity index (χ2v) is 6.85. The van der Waals surface area contributed by atoms with Gasteiger partial charge in [-0.25, -0.2) is 4.98 Å². The normalized spacial score (nSPS) is 10.7. The van der Waals surface area contributed by atoms with E-state index in [1.807, 2.05) is 30.3 Å². The molecule has 3 rings (SSSR count). The zero-order valence-corrected chi connectivity index (χ0v) is 16.4. The van der Waals surface area contributed by atoms with Crippen LogP contribution in [-0.4, -0.2) is 23.1 Å². The van der Waals surface area contributed by atoms with Crippen LogP contribution in [-0.2, 0) is 6.54 Å². The predicted octanol–water partition coefficient (Wildman–Crippen LogP) is 5.30. The number of nitrogens with one attached hydrogen (secondary N) is 1. The molecular formula is C21H23ClN4O. The number of methoxy groups -OCH3 is 1. The van der Waals surface area contributed by atoms with Crippen molar-refractivity contribution in [1.29, 1.82) is 0 Å². The van der Waals surface area contributed by atoms with E-state index in [9.17, 15) is 0 Å². The fourth-order valence-corrected chi connectivity index (χ4v) is 2.95. The Morgan fingerprint density at radius 3 is 2.59 bits per heavy atom. The molecule has 1 aromatic heterocycles. The topological polar surface area (TPSA) is 50.3 Å². The molecule has 3 aromatic rings. The first-order chi connectivity index (χ1) is 13.1. The van der Waals surface area contributed by atoms with Crippen LogP contribution in [0.25, 0.3) is 0 Å². The van der Waals surface area contributed by atoms with Crippen LogP contribution in [0.2, 0.25) is 5.02 Å². The number of anilines is 3. The smallest absolute Gasteiger partial charge is 0.229 e. The molecular weight excluding hydrogens is 360 g/mol. The first kappa shape index (κ1) is 19.0. The lowest BCUT2D eigenvalue weighted by atomic mass is 10.2. The van der Waals surface area contributed by atoms with Gasteiger partial charge in [0.05, 0.1) is 12.8 Å². The summed E-state index contributed by atoms with van der Waals surface area (Å²) in [6, 6.07) is 17.9. The van der Waals surface area contributed by atoms with Gasteiger partial charge in [0.15, 0.2) is 0 Å². The Kier molecular flexibility index (Phi) is 6.14. The summed E-state index contributed by atoms with van der Waals surface area (Å²) in [4.78, 5) is 11.3. The summed E-state index contributed by atoms with van der Waals surface area (Å²) < 4.78 is 5.38. The second-order valence-electron chi connectivity index (χ2n) is 6.42. The van der Waals surface area contributed by atoms with Crippen molar-refractivity contribution in [2.24, 2.45) is 0 Å².